The first-order valence-electron chi connectivity index (χ1n) is 6.16. The summed E-state index contributed by atoms with van der Waals surface area (Å²) in [5.74, 6) is -3.33. The van der Waals surface area contributed by atoms with Crippen molar-refractivity contribution in [3.63, 3.8) is 0 Å². The molecule has 0 bridgehead atoms. The third-order valence-corrected chi connectivity index (χ3v) is 2.51. The molecule has 0 aromatic rings. The summed E-state index contributed by atoms with van der Waals surface area (Å²) in [6.45, 7) is 1.69. The van der Waals surface area contributed by atoms with Crippen LogP contribution in [-0.4, -0.2) is 65.2 Å². The van der Waals surface area contributed by atoms with E-state index in [1.165, 1.54) is 13.8 Å². The van der Waals surface area contributed by atoms with Crippen molar-refractivity contribution < 1.29 is 29.4 Å². The Morgan fingerprint density at radius 1 is 1.00 bits per heavy atom. The van der Waals surface area contributed by atoms with Crippen molar-refractivity contribution in [1.82, 2.24) is 16.0 Å². The van der Waals surface area contributed by atoms with Crippen molar-refractivity contribution in [2.24, 2.45) is 5.73 Å². The van der Waals surface area contributed by atoms with Crippen LogP contribution in [0.25, 0.3) is 0 Å². The summed E-state index contributed by atoms with van der Waals surface area (Å²) in [6, 6.07) is -3.39. The molecule has 0 aliphatic heterocycles. The van der Waals surface area contributed by atoms with Gasteiger partial charge in [-0.3, -0.25) is 14.4 Å². The van der Waals surface area contributed by atoms with Crippen LogP contribution in [0.4, 0.5) is 0 Å². The second-order valence-electron chi connectivity index (χ2n) is 4.31. The molecule has 3 atom stereocenters. The molecule has 10 nitrogen and oxygen atoms in total. The van der Waals surface area contributed by atoms with Gasteiger partial charge in [-0.1, -0.05) is 0 Å². The number of rotatable bonds is 8. The average Bonchev–Trinajstić information content (AvgIpc) is 2.43. The highest BCUT2D eigenvalue weighted by Gasteiger charge is 2.24. The lowest BCUT2D eigenvalue weighted by molar-refractivity contribution is -0.143. The van der Waals surface area contributed by atoms with E-state index in [1.807, 2.05) is 0 Å². The molecule has 0 aromatic heterocycles. The maximum atomic E-state index is 11.7. The van der Waals surface area contributed by atoms with E-state index < -0.39 is 48.4 Å². The summed E-state index contributed by atoms with van der Waals surface area (Å²) in [5.41, 5.74) is 5.08. The molecule has 0 saturated carbocycles. The van der Waals surface area contributed by atoms with Gasteiger partial charge >= 0.3 is 5.97 Å². The van der Waals surface area contributed by atoms with E-state index in [1.54, 1.807) is 0 Å². The predicted octanol–water partition coefficient (Wildman–Crippen LogP) is -3.48. The smallest absolute Gasteiger partial charge is 0.328 e. The van der Waals surface area contributed by atoms with Crippen molar-refractivity contribution in [1.29, 1.82) is 0 Å². The Hall–Kier alpha value is -2.20. The van der Waals surface area contributed by atoms with Gasteiger partial charge < -0.3 is 31.9 Å². The Kier molecular flexibility index (Phi) is 7.94. The molecule has 0 spiro atoms. The molecule has 10 heteroatoms. The molecule has 0 aromatic carbocycles. The highest BCUT2D eigenvalue weighted by Crippen LogP contribution is 1.90. The number of carbonyl (C=O) groups is 4. The zero-order chi connectivity index (χ0) is 16.6. The van der Waals surface area contributed by atoms with Gasteiger partial charge in [0.05, 0.1) is 13.2 Å². The minimum absolute atomic E-state index is 0.273. The summed E-state index contributed by atoms with van der Waals surface area (Å²) < 4.78 is 0. The number of aliphatic hydroxyl groups is 1. The van der Waals surface area contributed by atoms with Gasteiger partial charge in [0.2, 0.25) is 17.7 Å². The molecule has 7 N–H and O–H groups in total. The first kappa shape index (κ1) is 18.8. The molecule has 0 saturated heterocycles. The standard InChI is InChI=1S/C11H20N4O6/c1-5(13-8(17)3-12)9(18)14-6(2)10(19)15-7(4-16)11(20)21/h5-7,16H,3-4,12H2,1-2H3,(H,13,17)(H,14,18)(H,15,19)(H,20,21). The average molecular weight is 304 g/mol. The quantitative estimate of drug-likeness (QED) is 0.270. The Balaban J connectivity index is 4.43. The largest absolute Gasteiger partial charge is 0.480 e. The molecule has 0 rings (SSSR count). The molecular formula is C11H20N4O6. The van der Waals surface area contributed by atoms with Crippen LogP contribution in [0.2, 0.25) is 0 Å². The lowest BCUT2D eigenvalue weighted by Gasteiger charge is -2.19. The molecule has 3 amide bonds. The van der Waals surface area contributed by atoms with Crippen molar-refractivity contribution >= 4 is 23.7 Å². The first-order chi connectivity index (χ1) is 9.72. The lowest BCUT2D eigenvalue weighted by atomic mass is 10.2. The third kappa shape index (κ3) is 6.68. The topological polar surface area (TPSA) is 171 Å². The van der Waals surface area contributed by atoms with Crippen molar-refractivity contribution in [2.45, 2.75) is 32.0 Å². The van der Waals surface area contributed by atoms with Crippen LogP contribution < -0.4 is 21.7 Å². The number of carbonyl (C=O) groups excluding carboxylic acids is 3. The van der Waals surface area contributed by atoms with Crippen molar-refractivity contribution in [3.05, 3.63) is 0 Å². The number of aliphatic carboxylic acids is 1. The monoisotopic (exact) mass is 304 g/mol. The molecule has 3 unspecified atom stereocenters. The van der Waals surface area contributed by atoms with Gasteiger partial charge in [-0.2, -0.15) is 0 Å². The fraction of sp³-hybridized carbons (Fsp3) is 0.636. The minimum atomic E-state index is -1.45. The number of nitrogens with one attached hydrogen (secondary N) is 3. The SMILES string of the molecule is CC(NC(=O)CN)C(=O)NC(C)C(=O)NC(CO)C(=O)O. The van der Waals surface area contributed by atoms with Crippen LogP contribution in [0.15, 0.2) is 0 Å². The zero-order valence-electron chi connectivity index (χ0n) is 11.8. The number of aliphatic hydroxyl groups excluding tert-OH is 1. The van der Waals surface area contributed by atoms with E-state index in [2.05, 4.69) is 16.0 Å². The van der Waals surface area contributed by atoms with Gasteiger partial charge in [0.1, 0.15) is 18.1 Å². The fourth-order valence-corrected chi connectivity index (χ4v) is 1.25. The van der Waals surface area contributed by atoms with E-state index in [-0.39, 0.29) is 6.54 Å². The Bertz CT molecular complexity index is 414. The van der Waals surface area contributed by atoms with Gasteiger partial charge in [0.15, 0.2) is 0 Å². The molecule has 0 aliphatic rings. The molecule has 0 fully saturated rings. The van der Waals surface area contributed by atoms with Gasteiger partial charge in [-0.25, -0.2) is 4.79 Å². The fourth-order valence-electron chi connectivity index (χ4n) is 1.25. The highest BCUT2D eigenvalue weighted by atomic mass is 16.4. The van der Waals surface area contributed by atoms with E-state index in [4.69, 9.17) is 15.9 Å². The van der Waals surface area contributed by atoms with E-state index in [0.29, 0.717) is 0 Å². The maximum absolute atomic E-state index is 11.7. The normalized spacial score (nSPS) is 14.5. The second-order valence-corrected chi connectivity index (χ2v) is 4.31. The van der Waals surface area contributed by atoms with Crippen LogP contribution in [0.3, 0.4) is 0 Å². The molecule has 120 valence electrons. The lowest BCUT2D eigenvalue weighted by Crippen LogP contribution is -2.55. The van der Waals surface area contributed by atoms with Crippen LogP contribution in [0.1, 0.15) is 13.8 Å². The zero-order valence-corrected chi connectivity index (χ0v) is 11.8. The molecule has 21 heavy (non-hydrogen) atoms. The Labute approximate surface area is 121 Å². The number of amides is 3. The maximum Gasteiger partial charge on any atom is 0.328 e. The summed E-state index contributed by atoms with van der Waals surface area (Å²) in [5, 5.41) is 24.1. The highest BCUT2D eigenvalue weighted by molar-refractivity contribution is 5.93. The predicted molar refractivity (Wildman–Crippen MR) is 70.9 cm³/mol. The third-order valence-electron chi connectivity index (χ3n) is 2.51. The number of hydrogen-bond acceptors (Lipinski definition) is 6. The van der Waals surface area contributed by atoms with Crippen LogP contribution in [0, 0.1) is 0 Å². The van der Waals surface area contributed by atoms with E-state index in [0.717, 1.165) is 0 Å². The summed E-state index contributed by atoms with van der Waals surface area (Å²) in [7, 11) is 0. The number of carboxylic acids is 1. The van der Waals surface area contributed by atoms with Crippen molar-refractivity contribution in [2.75, 3.05) is 13.2 Å². The molecule has 0 aliphatic carbocycles. The minimum Gasteiger partial charge on any atom is -0.480 e. The second kappa shape index (κ2) is 8.87. The van der Waals surface area contributed by atoms with Crippen LogP contribution in [0.5, 0.6) is 0 Å². The molecule has 0 heterocycles. The summed E-state index contributed by atoms with van der Waals surface area (Å²) in [4.78, 5) is 45.0. The van der Waals surface area contributed by atoms with Crippen LogP contribution >= 0.6 is 0 Å². The van der Waals surface area contributed by atoms with Gasteiger partial charge in [0, 0.05) is 0 Å². The van der Waals surface area contributed by atoms with Crippen molar-refractivity contribution in [3.8, 4) is 0 Å². The van der Waals surface area contributed by atoms with Gasteiger partial charge in [0.25, 0.3) is 0 Å². The van der Waals surface area contributed by atoms with Gasteiger partial charge in [-0.05, 0) is 13.8 Å². The number of carboxylic acid groups (broad SMARTS) is 1. The van der Waals surface area contributed by atoms with E-state index >= 15 is 0 Å². The Morgan fingerprint density at radius 2 is 1.48 bits per heavy atom. The van der Waals surface area contributed by atoms with Gasteiger partial charge in [-0.15, -0.1) is 0 Å². The van der Waals surface area contributed by atoms with Crippen LogP contribution in [-0.2, 0) is 19.2 Å². The molecular weight excluding hydrogens is 284 g/mol. The molecule has 0 radical (unpaired) electrons. The number of hydrogen-bond donors (Lipinski definition) is 6. The first-order valence-corrected chi connectivity index (χ1v) is 6.16. The Morgan fingerprint density at radius 3 is 1.90 bits per heavy atom. The summed E-state index contributed by atoms with van der Waals surface area (Å²) in [6.07, 6.45) is 0. The van der Waals surface area contributed by atoms with E-state index in [9.17, 15) is 19.2 Å². The number of nitrogens with two attached hydrogens (primary N) is 1. The summed E-state index contributed by atoms with van der Waals surface area (Å²) >= 11 is 0.